The summed E-state index contributed by atoms with van der Waals surface area (Å²) < 4.78 is 0. The van der Waals surface area contributed by atoms with Gasteiger partial charge in [0.1, 0.15) is 0 Å². The molecule has 4 fully saturated rings. The fourth-order valence-corrected chi connectivity index (χ4v) is 7.94. The Bertz CT molecular complexity index is 524. The second kappa shape index (κ2) is 5.18. The van der Waals surface area contributed by atoms with Crippen molar-refractivity contribution in [2.24, 2.45) is 34.0 Å². The molecule has 4 saturated carbocycles. The van der Waals surface area contributed by atoms with Gasteiger partial charge in [-0.25, -0.2) is 0 Å². The monoisotopic (exact) mass is 338 g/mol. The molecule has 0 amide bonds. The summed E-state index contributed by atoms with van der Waals surface area (Å²) in [4.78, 5) is 0. The van der Waals surface area contributed by atoms with Crippen molar-refractivity contribution in [3.63, 3.8) is 0 Å². The van der Waals surface area contributed by atoms with Crippen molar-refractivity contribution < 1.29 is 20.4 Å². The van der Waals surface area contributed by atoms with Crippen LogP contribution in [-0.2, 0) is 0 Å². The SMILES string of the molecule is C[C@]1(CO)CCC[C@@]2(C)C1C[C@@H](O)[C@H]1C[C@H]3C[C@]12CC[C@@]3(O)CO. The Hall–Kier alpha value is -0.160. The fourth-order valence-electron chi connectivity index (χ4n) is 7.94. The van der Waals surface area contributed by atoms with E-state index in [1.54, 1.807) is 0 Å². The van der Waals surface area contributed by atoms with Gasteiger partial charge >= 0.3 is 0 Å². The number of rotatable bonds is 2. The lowest BCUT2D eigenvalue weighted by Crippen LogP contribution is -2.62. The summed E-state index contributed by atoms with van der Waals surface area (Å²) in [6.07, 6.45) is 7.12. The highest BCUT2D eigenvalue weighted by atomic mass is 16.3. The molecular weight excluding hydrogens is 304 g/mol. The van der Waals surface area contributed by atoms with Crippen LogP contribution in [0.2, 0.25) is 0 Å². The van der Waals surface area contributed by atoms with E-state index >= 15 is 0 Å². The van der Waals surface area contributed by atoms with Crippen molar-refractivity contribution in [3.8, 4) is 0 Å². The second-order valence-electron chi connectivity index (χ2n) is 10.1. The minimum atomic E-state index is -0.955. The molecule has 0 radical (unpaired) electrons. The number of aliphatic hydroxyl groups excluding tert-OH is 3. The molecule has 0 aromatic carbocycles. The predicted molar refractivity (Wildman–Crippen MR) is 91.2 cm³/mol. The lowest BCUT2D eigenvalue weighted by atomic mass is 9.39. The summed E-state index contributed by atoms with van der Waals surface area (Å²) in [5.74, 6) is 0.688. The summed E-state index contributed by atoms with van der Waals surface area (Å²) >= 11 is 0. The first-order valence-corrected chi connectivity index (χ1v) is 9.87. The Balaban J connectivity index is 1.78. The molecule has 0 aromatic rings. The van der Waals surface area contributed by atoms with Crippen molar-refractivity contribution in [1.29, 1.82) is 0 Å². The summed E-state index contributed by atoms with van der Waals surface area (Å²) in [5, 5.41) is 41.7. The average Bonchev–Trinajstić information content (AvgIpc) is 2.93. The van der Waals surface area contributed by atoms with Gasteiger partial charge in [-0.15, -0.1) is 0 Å². The topological polar surface area (TPSA) is 80.9 Å². The van der Waals surface area contributed by atoms with Crippen LogP contribution >= 0.6 is 0 Å². The molecule has 4 aliphatic carbocycles. The van der Waals surface area contributed by atoms with E-state index < -0.39 is 5.60 Å². The van der Waals surface area contributed by atoms with Crippen molar-refractivity contribution in [1.82, 2.24) is 0 Å². The number of hydrogen-bond donors (Lipinski definition) is 4. The standard InChI is InChI=1S/C20H34O4/c1-17(11-21)4-3-5-18(2)16(17)9-15(23)14-8-13-10-19(14,18)6-7-20(13,24)12-22/h13-16,21-24H,3-12H2,1-2H3/t13-,14+,15+,16?,17+,18-,19+,20+/m0/s1. The third-order valence-corrected chi connectivity index (χ3v) is 9.39. The molecule has 4 nitrogen and oxygen atoms in total. The van der Waals surface area contributed by atoms with Crippen molar-refractivity contribution in [2.75, 3.05) is 13.2 Å². The number of aliphatic hydroxyl groups is 4. The summed E-state index contributed by atoms with van der Waals surface area (Å²) in [6, 6.07) is 0. The van der Waals surface area contributed by atoms with Gasteiger partial charge in [0.05, 0.1) is 18.3 Å². The maximum atomic E-state index is 11.0. The molecule has 1 spiro atoms. The number of fused-ring (bicyclic) bond motifs is 2. The lowest BCUT2D eigenvalue weighted by molar-refractivity contribution is -0.213. The van der Waals surface area contributed by atoms with Crippen LogP contribution in [0, 0.1) is 34.0 Å². The molecule has 4 heteroatoms. The molecule has 0 saturated heterocycles. The first-order chi connectivity index (χ1) is 11.2. The normalized spacial score (nSPS) is 59.8. The Kier molecular flexibility index (Phi) is 3.73. The van der Waals surface area contributed by atoms with Crippen LogP contribution in [0.15, 0.2) is 0 Å². The molecule has 138 valence electrons. The van der Waals surface area contributed by atoms with Crippen LogP contribution in [0.5, 0.6) is 0 Å². The maximum absolute atomic E-state index is 11.0. The van der Waals surface area contributed by atoms with E-state index in [1.807, 2.05) is 0 Å². The van der Waals surface area contributed by atoms with Crippen LogP contribution in [0.3, 0.4) is 0 Å². The van der Waals surface area contributed by atoms with E-state index in [4.69, 9.17) is 0 Å². The molecule has 0 aliphatic heterocycles. The zero-order chi connectivity index (χ0) is 17.4. The largest absolute Gasteiger partial charge is 0.396 e. The molecule has 2 bridgehead atoms. The van der Waals surface area contributed by atoms with Gasteiger partial charge in [-0.2, -0.15) is 0 Å². The Labute approximate surface area is 145 Å². The Morgan fingerprint density at radius 2 is 1.71 bits per heavy atom. The van der Waals surface area contributed by atoms with E-state index in [9.17, 15) is 20.4 Å². The molecule has 0 aromatic heterocycles. The molecular formula is C20H34O4. The third-order valence-electron chi connectivity index (χ3n) is 9.39. The van der Waals surface area contributed by atoms with Gasteiger partial charge in [-0.3, -0.25) is 0 Å². The first-order valence-electron chi connectivity index (χ1n) is 9.87. The van der Waals surface area contributed by atoms with Crippen LogP contribution in [0.1, 0.15) is 65.2 Å². The van der Waals surface area contributed by atoms with Crippen LogP contribution in [0.25, 0.3) is 0 Å². The summed E-state index contributed by atoms with van der Waals surface area (Å²) in [5.41, 5.74) is -0.865. The van der Waals surface area contributed by atoms with Crippen LogP contribution in [0.4, 0.5) is 0 Å². The quantitative estimate of drug-likeness (QED) is 0.621. The summed E-state index contributed by atoms with van der Waals surface area (Å²) in [7, 11) is 0. The van der Waals surface area contributed by atoms with Gasteiger partial charge in [0.2, 0.25) is 0 Å². The van der Waals surface area contributed by atoms with Crippen molar-refractivity contribution in [3.05, 3.63) is 0 Å². The van der Waals surface area contributed by atoms with E-state index in [0.29, 0.717) is 12.3 Å². The highest BCUT2D eigenvalue weighted by Gasteiger charge is 2.71. The van der Waals surface area contributed by atoms with Crippen molar-refractivity contribution >= 4 is 0 Å². The zero-order valence-electron chi connectivity index (χ0n) is 15.2. The Morgan fingerprint density at radius 1 is 0.958 bits per heavy atom. The van der Waals surface area contributed by atoms with Gasteiger partial charge in [0, 0.05) is 6.61 Å². The van der Waals surface area contributed by atoms with E-state index in [2.05, 4.69) is 13.8 Å². The summed E-state index contributed by atoms with van der Waals surface area (Å²) in [6.45, 7) is 4.66. The van der Waals surface area contributed by atoms with Gasteiger partial charge in [0.25, 0.3) is 0 Å². The molecule has 4 rings (SSSR count). The highest BCUT2D eigenvalue weighted by Crippen LogP contribution is 2.75. The predicted octanol–water partition coefficient (Wildman–Crippen LogP) is 2.09. The minimum absolute atomic E-state index is 0.0677. The number of hydrogen-bond acceptors (Lipinski definition) is 4. The first kappa shape index (κ1) is 17.3. The molecule has 4 N–H and O–H groups in total. The van der Waals surface area contributed by atoms with E-state index in [1.165, 1.54) is 6.42 Å². The van der Waals surface area contributed by atoms with Gasteiger partial charge in [0.15, 0.2) is 0 Å². The molecule has 24 heavy (non-hydrogen) atoms. The Morgan fingerprint density at radius 3 is 2.38 bits per heavy atom. The smallest absolute Gasteiger partial charge is 0.0905 e. The van der Waals surface area contributed by atoms with E-state index in [-0.39, 0.29) is 47.4 Å². The molecule has 8 atom stereocenters. The second-order valence-corrected chi connectivity index (χ2v) is 10.1. The average molecular weight is 338 g/mol. The zero-order valence-corrected chi connectivity index (χ0v) is 15.2. The molecule has 4 aliphatic rings. The third kappa shape index (κ3) is 1.89. The van der Waals surface area contributed by atoms with Crippen LogP contribution < -0.4 is 0 Å². The lowest BCUT2D eigenvalue weighted by Gasteiger charge is -2.66. The van der Waals surface area contributed by atoms with Crippen molar-refractivity contribution in [2.45, 2.75) is 76.9 Å². The van der Waals surface area contributed by atoms with Crippen LogP contribution in [-0.4, -0.2) is 45.3 Å². The minimum Gasteiger partial charge on any atom is -0.396 e. The highest BCUT2D eigenvalue weighted by molar-refractivity contribution is 5.20. The maximum Gasteiger partial charge on any atom is 0.0905 e. The van der Waals surface area contributed by atoms with Gasteiger partial charge < -0.3 is 20.4 Å². The van der Waals surface area contributed by atoms with Gasteiger partial charge in [-0.1, -0.05) is 20.3 Å². The van der Waals surface area contributed by atoms with E-state index in [0.717, 1.165) is 38.5 Å². The molecule has 0 heterocycles. The van der Waals surface area contributed by atoms with Gasteiger partial charge in [-0.05, 0) is 78.9 Å². The molecule has 1 unspecified atom stereocenters. The fraction of sp³-hybridized carbons (Fsp3) is 1.00.